The number of halogens is 2. The summed E-state index contributed by atoms with van der Waals surface area (Å²) in [4.78, 5) is 25.1. The number of hydrogen-bond acceptors (Lipinski definition) is 5. The van der Waals surface area contributed by atoms with Gasteiger partial charge in [0.1, 0.15) is 5.69 Å². The monoisotopic (exact) mass is 496 g/mol. The molecule has 0 atom stereocenters. The van der Waals surface area contributed by atoms with Gasteiger partial charge in [0.05, 0.1) is 12.2 Å². The number of carbonyl (C=O) groups is 2. The molecule has 0 aliphatic rings. The molecule has 6 nitrogen and oxygen atoms in total. The molecule has 3 aromatic rings. The molecule has 1 N–H and O–H groups in total. The fraction of sp³-hybridized carbons (Fsp3) is 0.105. The molecule has 0 saturated heterocycles. The Morgan fingerprint density at radius 3 is 2.56 bits per heavy atom. The van der Waals surface area contributed by atoms with Crippen molar-refractivity contribution in [1.29, 1.82) is 0 Å². The van der Waals surface area contributed by atoms with E-state index >= 15 is 0 Å². The standard InChI is InChI=1S/C19H14ClIN2O4/c1-2-26-19(25)15-16(11-7-9-12(20)10-8-11)23-27-18(15)22-17(24)13-5-3-4-6-14(13)21/h3-10H,2H2,1H3,(H,22,24). The maximum Gasteiger partial charge on any atom is 0.346 e. The van der Waals surface area contributed by atoms with Crippen molar-refractivity contribution in [3.8, 4) is 11.3 Å². The number of hydrogen-bond donors (Lipinski definition) is 1. The first-order valence-electron chi connectivity index (χ1n) is 8.00. The van der Waals surface area contributed by atoms with Gasteiger partial charge in [0, 0.05) is 14.2 Å². The van der Waals surface area contributed by atoms with Crippen LogP contribution in [0.15, 0.2) is 53.1 Å². The van der Waals surface area contributed by atoms with Gasteiger partial charge in [-0.15, -0.1) is 0 Å². The van der Waals surface area contributed by atoms with Gasteiger partial charge in [-0.1, -0.05) is 41.0 Å². The number of rotatable bonds is 5. The molecule has 2 aromatic carbocycles. The highest BCUT2D eigenvalue weighted by molar-refractivity contribution is 14.1. The summed E-state index contributed by atoms with van der Waals surface area (Å²) in [6.07, 6.45) is 0. The smallest absolute Gasteiger partial charge is 0.346 e. The Balaban J connectivity index is 2.00. The summed E-state index contributed by atoms with van der Waals surface area (Å²) < 4.78 is 11.1. The fourth-order valence-electron chi connectivity index (χ4n) is 2.39. The molecule has 1 heterocycles. The first kappa shape index (κ1) is 19.4. The summed E-state index contributed by atoms with van der Waals surface area (Å²) >= 11 is 7.97. The lowest BCUT2D eigenvalue weighted by molar-refractivity contribution is 0.0528. The van der Waals surface area contributed by atoms with E-state index in [0.717, 1.165) is 3.57 Å². The molecule has 0 spiro atoms. The number of esters is 1. The molecule has 0 saturated carbocycles. The predicted octanol–water partition coefficient (Wildman–Crippen LogP) is 5.03. The second kappa shape index (κ2) is 8.53. The Kier molecular flexibility index (Phi) is 6.12. The third kappa shape index (κ3) is 4.30. The number of nitrogens with one attached hydrogen (secondary N) is 1. The van der Waals surface area contributed by atoms with Crippen molar-refractivity contribution < 1.29 is 18.8 Å². The summed E-state index contributed by atoms with van der Waals surface area (Å²) in [6.45, 7) is 1.87. The zero-order valence-corrected chi connectivity index (χ0v) is 17.1. The first-order valence-corrected chi connectivity index (χ1v) is 9.45. The van der Waals surface area contributed by atoms with Crippen LogP contribution in [0.4, 0.5) is 5.88 Å². The number of ether oxygens (including phenoxy) is 1. The lowest BCUT2D eigenvalue weighted by Gasteiger charge is -2.07. The van der Waals surface area contributed by atoms with Gasteiger partial charge in [-0.25, -0.2) is 4.79 Å². The molecule has 1 amide bonds. The zero-order chi connectivity index (χ0) is 19.4. The van der Waals surface area contributed by atoms with Gasteiger partial charge in [-0.3, -0.25) is 10.1 Å². The van der Waals surface area contributed by atoms with Crippen molar-refractivity contribution in [2.45, 2.75) is 6.92 Å². The second-order valence-electron chi connectivity index (χ2n) is 5.40. The molecule has 1 aromatic heterocycles. The minimum absolute atomic E-state index is 0.0541. The Morgan fingerprint density at radius 2 is 1.89 bits per heavy atom. The van der Waals surface area contributed by atoms with Crippen molar-refractivity contribution in [2.24, 2.45) is 0 Å². The van der Waals surface area contributed by atoms with Crippen molar-refractivity contribution in [2.75, 3.05) is 11.9 Å². The number of nitrogens with zero attached hydrogens (tertiary/aromatic N) is 1. The van der Waals surface area contributed by atoms with E-state index in [4.69, 9.17) is 20.9 Å². The van der Waals surface area contributed by atoms with E-state index in [-0.39, 0.29) is 23.7 Å². The maximum absolute atomic E-state index is 12.6. The van der Waals surface area contributed by atoms with Gasteiger partial charge >= 0.3 is 5.97 Å². The van der Waals surface area contributed by atoms with Crippen molar-refractivity contribution in [3.63, 3.8) is 0 Å². The lowest BCUT2D eigenvalue weighted by Crippen LogP contribution is -2.16. The van der Waals surface area contributed by atoms with Crippen LogP contribution in [0.2, 0.25) is 5.02 Å². The predicted molar refractivity (Wildman–Crippen MR) is 110 cm³/mol. The van der Waals surface area contributed by atoms with Gasteiger partial charge in [-0.2, -0.15) is 0 Å². The minimum atomic E-state index is -0.637. The summed E-state index contributed by atoms with van der Waals surface area (Å²) in [5, 5.41) is 7.11. The van der Waals surface area contributed by atoms with E-state index in [1.165, 1.54) is 0 Å². The molecule has 3 rings (SSSR count). The van der Waals surface area contributed by atoms with Crippen LogP contribution in [0.3, 0.4) is 0 Å². The normalized spacial score (nSPS) is 10.5. The van der Waals surface area contributed by atoms with E-state index in [2.05, 4.69) is 33.1 Å². The molecule has 0 fully saturated rings. The van der Waals surface area contributed by atoms with Crippen molar-refractivity contribution in [1.82, 2.24) is 5.16 Å². The van der Waals surface area contributed by atoms with E-state index < -0.39 is 11.9 Å². The largest absolute Gasteiger partial charge is 0.462 e. The highest BCUT2D eigenvalue weighted by Gasteiger charge is 2.27. The summed E-state index contributed by atoms with van der Waals surface area (Å²) in [5.41, 5.74) is 1.39. The average molecular weight is 497 g/mol. The molecular formula is C19H14ClIN2O4. The highest BCUT2D eigenvalue weighted by Crippen LogP contribution is 2.31. The number of benzene rings is 2. The zero-order valence-electron chi connectivity index (χ0n) is 14.2. The van der Waals surface area contributed by atoms with E-state index in [9.17, 15) is 9.59 Å². The topological polar surface area (TPSA) is 81.4 Å². The van der Waals surface area contributed by atoms with Gasteiger partial charge in [0.25, 0.3) is 5.91 Å². The second-order valence-corrected chi connectivity index (χ2v) is 7.00. The van der Waals surface area contributed by atoms with Crippen LogP contribution in [0, 0.1) is 3.57 Å². The molecule has 0 aliphatic carbocycles. The first-order chi connectivity index (χ1) is 13.0. The third-order valence-corrected chi connectivity index (χ3v) is 4.83. The van der Waals surface area contributed by atoms with Crippen LogP contribution in [-0.4, -0.2) is 23.6 Å². The van der Waals surface area contributed by atoms with Crippen LogP contribution in [0.5, 0.6) is 0 Å². The van der Waals surface area contributed by atoms with Crippen LogP contribution >= 0.6 is 34.2 Å². The molecule has 27 heavy (non-hydrogen) atoms. The molecule has 138 valence electrons. The van der Waals surface area contributed by atoms with E-state index in [0.29, 0.717) is 16.1 Å². The SMILES string of the molecule is CCOC(=O)c1c(-c2ccc(Cl)cc2)noc1NC(=O)c1ccccc1I. The molecule has 8 heteroatoms. The van der Waals surface area contributed by atoms with E-state index in [1.54, 1.807) is 49.4 Å². The molecule has 0 aliphatic heterocycles. The number of anilines is 1. The van der Waals surface area contributed by atoms with Gasteiger partial charge in [0.15, 0.2) is 5.56 Å². The number of amides is 1. The van der Waals surface area contributed by atoms with Crippen molar-refractivity contribution >= 4 is 52.0 Å². The Bertz CT molecular complexity index is 986. The number of carbonyl (C=O) groups excluding carboxylic acids is 2. The molecule has 0 unspecified atom stereocenters. The van der Waals surface area contributed by atoms with Crippen LogP contribution in [-0.2, 0) is 4.74 Å². The van der Waals surface area contributed by atoms with Crippen LogP contribution in [0.1, 0.15) is 27.6 Å². The Morgan fingerprint density at radius 1 is 1.19 bits per heavy atom. The lowest BCUT2D eigenvalue weighted by atomic mass is 10.1. The molecule has 0 radical (unpaired) electrons. The Labute approximate surface area is 174 Å². The summed E-state index contributed by atoms with van der Waals surface area (Å²) in [7, 11) is 0. The van der Waals surface area contributed by atoms with Gasteiger partial charge in [0.2, 0.25) is 5.88 Å². The highest BCUT2D eigenvalue weighted by atomic mass is 127. The van der Waals surface area contributed by atoms with Gasteiger partial charge in [-0.05, 0) is 53.8 Å². The average Bonchev–Trinajstić information content (AvgIpc) is 3.06. The number of aromatic nitrogens is 1. The summed E-state index contributed by atoms with van der Waals surface area (Å²) in [5.74, 6) is -1.12. The molecule has 0 bridgehead atoms. The maximum atomic E-state index is 12.6. The Hall–Kier alpha value is -2.39. The van der Waals surface area contributed by atoms with Crippen LogP contribution < -0.4 is 5.32 Å². The quantitative estimate of drug-likeness (QED) is 0.396. The third-order valence-electron chi connectivity index (χ3n) is 3.63. The van der Waals surface area contributed by atoms with E-state index in [1.807, 2.05) is 6.07 Å². The summed E-state index contributed by atoms with van der Waals surface area (Å²) in [6, 6.07) is 13.8. The van der Waals surface area contributed by atoms with Crippen molar-refractivity contribution in [3.05, 3.63) is 68.3 Å². The van der Waals surface area contributed by atoms with Crippen LogP contribution in [0.25, 0.3) is 11.3 Å². The fourth-order valence-corrected chi connectivity index (χ4v) is 3.15. The molecular weight excluding hydrogens is 483 g/mol. The minimum Gasteiger partial charge on any atom is -0.462 e. The van der Waals surface area contributed by atoms with Gasteiger partial charge < -0.3 is 9.26 Å².